The summed E-state index contributed by atoms with van der Waals surface area (Å²) >= 11 is 8.62. The molecule has 0 heterocycles. The summed E-state index contributed by atoms with van der Waals surface area (Å²) in [4.78, 5) is 12.0. The fraction of sp³-hybridized carbons (Fsp3) is 0.200. The maximum atomic E-state index is 12.0. The third kappa shape index (κ3) is 3.86. The minimum absolute atomic E-state index is 0.167. The standard InChI is InChI=1S/C15H16N2O2S2/c1-9(14(18)16-17-15(20)21)10-3-4-12-8-13(19-2)6-5-11(12)7-10/h3-9H,1-2H3,(H,16,18)(H2,17,20,21). The second-order valence-corrected chi connectivity index (χ2v) is 5.77. The van der Waals surface area contributed by atoms with Gasteiger partial charge in [-0.2, -0.15) is 0 Å². The van der Waals surface area contributed by atoms with Crippen LogP contribution in [0.15, 0.2) is 36.4 Å². The van der Waals surface area contributed by atoms with E-state index < -0.39 is 0 Å². The number of thiol groups is 1. The van der Waals surface area contributed by atoms with Gasteiger partial charge in [-0.15, -0.1) is 12.6 Å². The molecule has 0 aliphatic heterocycles. The van der Waals surface area contributed by atoms with Gasteiger partial charge in [0.25, 0.3) is 0 Å². The lowest BCUT2D eigenvalue weighted by atomic mass is 9.97. The molecular formula is C15H16N2O2S2. The molecular weight excluding hydrogens is 304 g/mol. The number of thiocarbonyl (C=S) groups is 1. The van der Waals surface area contributed by atoms with Crippen LogP contribution in [0.25, 0.3) is 10.8 Å². The van der Waals surface area contributed by atoms with Crippen LogP contribution in [0.2, 0.25) is 0 Å². The molecule has 2 rings (SSSR count). The Hall–Kier alpha value is -1.79. The van der Waals surface area contributed by atoms with Crippen molar-refractivity contribution >= 4 is 45.8 Å². The summed E-state index contributed by atoms with van der Waals surface area (Å²) < 4.78 is 5.42. The Morgan fingerprint density at radius 2 is 1.86 bits per heavy atom. The number of benzene rings is 2. The molecule has 0 aliphatic rings. The molecule has 21 heavy (non-hydrogen) atoms. The van der Waals surface area contributed by atoms with Crippen LogP contribution in [-0.4, -0.2) is 17.3 Å². The first-order valence-electron chi connectivity index (χ1n) is 6.37. The topological polar surface area (TPSA) is 50.4 Å². The van der Waals surface area contributed by atoms with Crippen molar-refractivity contribution in [2.24, 2.45) is 0 Å². The van der Waals surface area contributed by atoms with E-state index in [1.54, 1.807) is 7.11 Å². The molecule has 4 nitrogen and oxygen atoms in total. The predicted octanol–water partition coefficient (Wildman–Crippen LogP) is 2.79. The van der Waals surface area contributed by atoms with Crippen LogP contribution in [0.1, 0.15) is 18.4 Å². The minimum atomic E-state index is -0.299. The lowest BCUT2D eigenvalue weighted by Crippen LogP contribution is -2.41. The van der Waals surface area contributed by atoms with Crippen molar-refractivity contribution in [2.75, 3.05) is 7.11 Å². The lowest BCUT2D eigenvalue weighted by Gasteiger charge is -2.14. The molecule has 2 aromatic rings. The highest BCUT2D eigenvalue weighted by Crippen LogP contribution is 2.25. The van der Waals surface area contributed by atoms with Crippen molar-refractivity contribution in [3.05, 3.63) is 42.0 Å². The first-order valence-corrected chi connectivity index (χ1v) is 7.23. The molecule has 2 aromatic carbocycles. The van der Waals surface area contributed by atoms with E-state index in [1.165, 1.54) is 0 Å². The van der Waals surface area contributed by atoms with Crippen molar-refractivity contribution in [3.63, 3.8) is 0 Å². The molecule has 0 saturated heterocycles. The summed E-state index contributed by atoms with van der Waals surface area (Å²) in [6.45, 7) is 1.84. The summed E-state index contributed by atoms with van der Waals surface area (Å²) in [5.41, 5.74) is 5.98. The Balaban J connectivity index is 2.21. The molecule has 0 spiro atoms. The van der Waals surface area contributed by atoms with Crippen molar-refractivity contribution in [2.45, 2.75) is 12.8 Å². The number of ether oxygens (including phenoxy) is 1. The Labute approximate surface area is 134 Å². The summed E-state index contributed by atoms with van der Waals surface area (Å²) in [6, 6.07) is 11.8. The normalized spacial score (nSPS) is 11.8. The maximum absolute atomic E-state index is 12.0. The van der Waals surface area contributed by atoms with Crippen molar-refractivity contribution in [1.29, 1.82) is 0 Å². The van der Waals surface area contributed by atoms with Crippen LogP contribution in [0.5, 0.6) is 5.75 Å². The van der Waals surface area contributed by atoms with Gasteiger partial charge >= 0.3 is 0 Å². The number of hydrogen-bond acceptors (Lipinski definition) is 3. The first kappa shape index (κ1) is 15.6. The van der Waals surface area contributed by atoms with Gasteiger partial charge in [0.2, 0.25) is 5.91 Å². The smallest absolute Gasteiger partial charge is 0.245 e. The minimum Gasteiger partial charge on any atom is -0.497 e. The van der Waals surface area contributed by atoms with Crippen LogP contribution in [0.4, 0.5) is 0 Å². The van der Waals surface area contributed by atoms with Gasteiger partial charge in [-0.05, 0) is 35.4 Å². The van der Waals surface area contributed by atoms with Crippen LogP contribution in [0.3, 0.4) is 0 Å². The van der Waals surface area contributed by atoms with E-state index >= 15 is 0 Å². The van der Waals surface area contributed by atoms with Gasteiger partial charge in [-0.25, -0.2) is 0 Å². The lowest BCUT2D eigenvalue weighted by molar-refractivity contribution is -0.122. The quantitative estimate of drug-likeness (QED) is 0.462. The van der Waals surface area contributed by atoms with E-state index in [1.807, 2.05) is 43.3 Å². The summed E-state index contributed by atoms with van der Waals surface area (Å²) in [6.07, 6.45) is 0. The van der Waals surface area contributed by atoms with Gasteiger partial charge < -0.3 is 4.74 Å². The largest absolute Gasteiger partial charge is 0.497 e. The van der Waals surface area contributed by atoms with Gasteiger partial charge in [-0.3, -0.25) is 15.6 Å². The van der Waals surface area contributed by atoms with Crippen LogP contribution in [-0.2, 0) is 4.79 Å². The molecule has 110 valence electrons. The summed E-state index contributed by atoms with van der Waals surface area (Å²) in [5, 5.41) is 2.13. The van der Waals surface area contributed by atoms with E-state index in [0.717, 1.165) is 22.1 Å². The molecule has 0 fully saturated rings. The van der Waals surface area contributed by atoms with Crippen LogP contribution < -0.4 is 15.6 Å². The molecule has 1 amide bonds. The maximum Gasteiger partial charge on any atom is 0.245 e. The van der Waals surface area contributed by atoms with Gasteiger partial charge in [0.05, 0.1) is 13.0 Å². The Morgan fingerprint density at radius 3 is 2.52 bits per heavy atom. The van der Waals surface area contributed by atoms with Crippen molar-refractivity contribution < 1.29 is 9.53 Å². The number of hydrogen-bond donors (Lipinski definition) is 3. The monoisotopic (exact) mass is 320 g/mol. The predicted molar refractivity (Wildman–Crippen MR) is 91.8 cm³/mol. The van der Waals surface area contributed by atoms with E-state index in [-0.39, 0.29) is 16.1 Å². The number of amides is 1. The number of nitrogens with one attached hydrogen (secondary N) is 2. The van der Waals surface area contributed by atoms with Crippen molar-refractivity contribution in [1.82, 2.24) is 10.9 Å². The number of carbonyl (C=O) groups is 1. The fourth-order valence-electron chi connectivity index (χ4n) is 2.01. The second kappa shape index (κ2) is 6.78. The second-order valence-electron chi connectivity index (χ2n) is 4.61. The van der Waals surface area contributed by atoms with E-state index in [4.69, 9.17) is 17.0 Å². The Kier molecular flexibility index (Phi) is 5.03. The summed E-state index contributed by atoms with van der Waals surface area (Å²) in [7, 11) is 1.64. The molecule has 6 heteroatoms. The SMILES string of the molecule is COc1ccc2cc(C(C)C(=O)NNC(=S)S)ccc2c1. The Bertz CT molecular complexity index is 688. The highest BCUT2D eigenvalue weighted by molar-refractivity contribution is 8.11. The number of fused-ring (bicyclic) bond motifs is 1. The molecule has 1 atom stereocenters. The van der Waals surface area contributed by atoms with Crippen LogP contribution in [0, 0.1) is 0 Å². The van der Waals surface area contributed by atoms with Gasteiger partial charge in [0.1, 0.15) is 10.1 Å². The molecule has 0 aliphatic carbocycles. The first-order chi connectivity index (χ1) is 10.0. The molecule has 0 aromatic heterocycles. The van der Waals surface area contributed by atoms with Gasteiger partial charge in [0, 0.05) is 0 Å². The van der Waals surface area contributed by atoms with Crippen LogP contribution >= 0.6 is 24.8 Å². The average Bonchev–Trinajstić information content (AvgIpc) is 2.50. The molecule has 2 N–H and O–H groups in total. The zero-order valence-corrected chi connectivity index (χ0v) is 13.4. The van der Waals surface area contributed by atoms with Gasteiger partial charge in [0.15, 0.2) is 0 Å². The highest BCUT2D eigenvalue weighted by Gasteiger charge is 2.15. The molecule has 0 bridgehead atoms. The number of rotatable bonds is 3. The molecule has 0 saturated carbocycles. The highest BCUT2D eigenvalue weighted by atomic mass is 32.1. The fourth-order valence-corrected chi connectivity index (χ4v) is 2.12. The number of methoxy groups -OCH3 is 1. The van der Waals surface area contributed by atoms with Gasteiger partial charge in [-0.1, -0.05) is 36.5 Å². The summed E-state index contributed by atoms with van der Waals surface area (Å²) in [5.74, 6) is 0.346. The zero-order chi connectivity index (χ0) is 15.4. The zero-order valence-electron chi connectivity index (χ0n) is 11.7. The van der Waals surface area contributed by atoms with E-state index in [2.05, 4.69) is 23.5 Å². The van der Waals surface area contributed by atoms with E-state index in [0.29, 0.717) is 0 Å². The Morgan fingerprint density at radius 1 is 1.19 bits per heavy atom. The number of hydrazine groups is 1. The third-order valence-electron chi connectivity index (χ3n) is 3.26. The average molecular weight is 320 g/mol. The third-order valence-corrected chi connectivity index (χ3v) is 3.47. The molecule has 0 radical (unpaired) electrons. The number of carbonyl (C=O) groups excluding carboxylic acids is 1. The van der Waals surface area contributed by atoms with E-state index in [9.17, 15) is 4.79 Å². The molecule has 1 unspecified atom stereocenters. The van der Waals surface area contributed by atoms with Crippen molar-refractivity contribution in [3.8, 4) is 5.75 Å².